The van der Waals surface area contributed by atoms with Gasteiger partial charge in [-0.1, -0.05) is 41.9 Å². The highest BCUT2D eigenvalue weighted by molar-refractivity contribution is 6.30. The molecule has 3 aromatic rings. The maximum atomic E-state index is 6.06. The molecule has 3 rings (SSSR count). The van der Waals surface area contributed by atoms with Crippen molar-refractivity contribution >= 4 is 22.5 Å². The molecule has 0 fully saturated rings. The molecule has 0 bridgehead atoms. The van der Waals surface area contributed by atoms with E-state index >= 15 is 0 Å². The standard InChI is InChI=1S/C18H19ClN2/c1-13(14-6-5-7-16(19)10-14)20-11-15-12-21(2)18-9-4-3-8-17(15)18/h3-10,12-13,20H,11H2,1-2H3. The van der Waals surface area contributed by atoms with E-state index in [1.807, 2.05) is 18.2 Å². The molecule has 2 aromatic carbocycles. The first-order valence-corrected chi connectivity index (χ1v) is 7.55. The third kappa shape index (κ3) is 2.97. The van der Waals surface area contributed by atoms with E-state index in [1.54, 1.807) is 0 Å². The summed E-state index contributed by atoms with van der Waals surface area (Å²) in [5, 5.41) is 5.67. The van der Waals surface area contributed by atoms with Crippen LogP contribution in [-0.2, 0) is 13.6 Å². The Kier molecular flexibility index (Phi) is 4.00. The summed E-state index contributed by atoms with van der Waals surface area (Å²) < 4.78 is 2.18. The fourth-order valence-electron chi connectivity index (χ4n) is 2.72. The number of benzene rings is 2. The minimum Gasteiger partial charge on any atom is -0.350 e. The van der Waals surface area contributed by atoms with Gasteiger partial charge in [-0.3, -0.25) is 0 Å². The molecule has 0 aliphatic carbocycles. The number of aromatic nitrogens is 1. The van der Waals surface area contributed by atoms with Crippen molar-refractivity contribution in [3.63, 3.8) is 0 Å². The topological polar surface area (TPSA) is 17.0 Å². The third-order valence-corrected chi connectivity index (χ3v) is 4.16. The normalized spacial score (nSPS) is 12.7. The van der Waals surface area contributed by atoms with E-state index in [2.05, 4.69) is 60.4 Å². The van der Waals surface area contributed by atoms with Crippen LogP contribution in [0.2, 0.25) is 5.02 Å². The summed E-state index contributed by atoms with van der Waals surface area (Å²) in [6, 6.07) is 16.8. The van der Waals surface area contributed by atoms with Gasteiger partial charge in [0, 0.05) is 41.8 Å². The van der Waals surface area contributed by atoms with Crippen molar-refractivity contribution in [2.45, 2.75) is 19.5 Å². The van der Waals surface area contributed by atoms with Crippen LogP contribution in [0, 0.1) is 0 Å². The summed E-state index contributed by atoms with van der Waals surface area (Å²) >= 11 is 6.06. The van der Waals surface area contributed by atoms with E-state index in [4.69, 9.17) is 11.6 Å². The molecule has 0 aliphatic rings. The molecule has 0 saturated heterocycles. The van der Waals surface area contributed by atoms with E-state index in [0.717, 1.165) is 11.6 Å². The van der Waals surface area contributed by atoms with Crippen molar-refractivity contribution < 1.29 is 0 Å². The fraction of sp³-hybridized carbons (Fsp3) is 0.222. The van der Waals surface area contributed by atoms with Crippen LogP contribution in [0.15, 0.2) is 54.7 Å². The molecule has 108 valence electrons. The van der Waals surface area contributed by atoms with Crippen molar-refractivity contribution in [1.29, 1.82) is 0 Å². The molecule has 1 unspecified atom stereocenters. The Morgan fingerprint density at radius 1 is 1.14 bits per heavy atom. The lowest BCUT2D eigenvalue weighted by molar-refractivity contribution is 0.576. The molecule has 0 aliphatic heterocycles. The number of aryl methyl sites for hydroxylation is 1. The van der Waals surface area contributed by atoms with Gasteiger partial charge in [0.05, 0.1) is 0 Å². The molecule has 0 spiro atoms. The largest absolute Gasteiger partial charge is 0.350 e. The molecule has 0 saturated carbocycles. The second-order valence-corrected chi connectivity index (χ2v) is 5.88. The van der Waals surface area contributed by atoms with Crippen LogP contribution in [0.25, 0.3) is 10.9 Å². The van der Waals surface area contributed by atoms with Crippen LogP contribution < -0.4 is 5.32 Å². The molecule has 1 N–H and O–H groups in total. The molecule has 1 atom stereocenters. The molecule has 2 nitrogen and oxygen atoms in total. The maximum absolute atomic E-state index is 6.06. The molecule has 3 heteroatoms. The lowest BCUT2D eigenvalue weighted by Crippen LogP contribution is -2.17. The molecular formula is C18H19ClN2. The molecule has 0 radical (unpaired) electrons. The second kappa shape index (κ2) is 5.92. The minimum atomic E-state index is 0.266. The summed E-state index contributed by atoms with van der Waals surface area (Å²) in [4.78, 5) is 0. The Bertz CT molecular complexity index is 761. The van der Waals surface area contributed by atoms with Crippen LogP contribution in [0.4, 0.5) is 0 Å². The number of para-hydroxylation sites is 1. The van der Waals surface area contributed by atoms with Gasteiger partial charge in [0.15, 0.2) is 0 Å². The number of hydrogen-bond acceptors (Lipinski definition) is 1. The van der Waals surface area contributed by atoms with Gasteiger partial charge < -0.3 is 9.88 Å². The first-order valence-electron chi connectivity index (χ1n) is 7.17. The monoisotopic (exact) mass is 298 g/mol. The predicted octanol–water partition coefficient (Wildman–Crippen LogP) is 4.68. The number of nitrogens with one attached hydrogen (secondary N) is 1. The van der Waals surface area contributed by atoms with Gasteiger partial charge in [0.2, 0.25) is 0 Å². The first-order chi connectivity index (χ1) is 10.1. The molecule has 21 heavy (non-hydrogen) atoms. The van der Waals surface area contributed by atoms with E-state index in [0.29, 0.717) is 0 Å². The highest BCUT2D eigenvalue weighted by atomic mass is 35.5. The van der Waals surface area contributed by atoms with Crippen LogP contribution in [0.5, 0.6) is 0 Å². The Morgan fingerprint density at radius 3 is 2.76 bits per heavy atom. The zero-order chi connectivity index (χ0) is 14.8. The summed E-state index contributed by atoms with van der Waals surface area (Å²) in [7, 11) is 2.09. The predicted molar refractivity (Wildman–Crippen MR) is 89.6 cm³/mol. The van der Waals surface area contributed by atoms with E-state index < -0.39 is 0 Å². The fourth-order valence-corrected chi connectivity index (χ4v) is 2.92. The van der Waals surface area contributed by atoms with Crippen molar-refractivity contribution in [3.05, 3.63) is 70.9 Å². The number of fused-ring (bicyclic) bond motifs is 1. The highest BCUT2D eigenvalue weighted by Crippen LogP contribution is 2.22. The Balaban J connectivity index is 1.77. The molecule has 1 aromatic heterocycles. The smallest absolute Gasteiger partial charge is 0.0481 e. The van der Waals surface area contributed by atoms with Crippen LogP contribution in [0.1, 0.15) is 24.1 Å². The van der Waals surface area contributed by atoms with Crippen molar-refractivity contribution in [2.24, 2.45) is 7.05 Å². The van der Waals surface area contributed by atoms with Gasteiger partial charge >= 0.3 is 0 Å². The lowest BCUT2D eigenvalue weighted by Gasteiger charge is -2.14. The lowest BCUT2D eigenvalue weighted by atomic mass is 10.1. The van der Waals surface area contributed by atoms with Crippen LogP contribution in [-0.4, -0.2) is 4.57 Å². The zero-order valence-corrected chi connectivity index (χ0v) is 13.1. The van der Waals surface area contributed by atoms with Crippen molar-refractivity contribution in [2.75, 3.05) is 0 Å². The van der Waals surface area contributed by atoms with Gasteiger partial charge in [0.25, 0.3) is 0 Å². The van der Waals surface area contributed by atoms with Gasteiger partial charge in [0.1, 0.15) is 0 Å². The van der Waals surface area contributed by atoms with E-state index in [1.165, 1.54) is 22.0 Å². The number of halogens is 1. The zero-order valence-electron chi connectivity index (χ0n) is 12.3. The molecular weight excluding hydrogens is 280 g/mol. The first kappa shape index (κ1) is 14.2. The average Bonchev–Trinajstić information content (AvgIpc) is 2.82. The summed E-state index contributed by atoms with van der Waals surface area (Å²) in [5.74, 6) is 0. The van der Waals surface area contributed by atoms with Crippen LogP contribution >= 0.6 is 11.6 Å². The molecule has 1 heterocycles. The SMILES string of the molecule is CC(NCc1cn(C)c2ccccc12)c1cccc(Cl)c1. The van der Waals surface area contributed by atoms with Crippen molar-refractivity contribution in [1.82, 2.24) is 9.88 Å². The summed E-state index contributed by atoms with van der Waals surface area (Å²) in [5.41, 5.74) is 3.80. The minimum absolute atomic E-state index is 0.266. The van der Waals surface area contributed by atoms with Gasteiger partial charge in [-0.15, -0.1) is 0 Å². The van der Waals surface area contributed by atoms with E-state index in [-0.39, 0.29) is 6.04 Å². The summed E-state index contributed by atoms with van der Waals surface area (Å²) in [6.07, 6.45) is 2.20. The average molecular weight is 299 g/mol. The highest BCUT2D eigenvalue weighted by Gasteiger charge is 2.09. The quantitative estimate of drug-likeness (QED) is 0.740. The number of rotatable bonds is 4. The Labute approximate surface area is 130 Å². The number of hydrogen-bond donors (Lipinski definition) is 1. The Morgan fingerprint density at radius 2 is 1.95 bits per heavy atom. The third-order valence-electron chi connectivity index (χ3n) is 3.93. The van der Waals surface area contributed by atoms with Crippen molar-refractivity contribution in [3.8, 4) is 0 Å². The van der Waals surface area contributed by atoms with Crippen LogP contribution in [0.3, 0.4) is 0 Å². The Hall–Kier alpha value is -1.77. The molecule has 0 amide bonds. The second-order valence-electron chi connectivity index (χ2n) is 5.44. The van der Waals surface area contributed by atoms with Gasteiger partial charge in [-0.2, -0.15) is 0 Å². The van der Waals surface area contributed by atoms with E-state index in [9.17, 15) is 0 Å². The maximum Gasteiger partial charge on any atom is 0.0481 e. The summed E-state index contributed by atoms with van der Waals surface area (Å²) in [6.45, 7) is 3.01. The van der Waals surface area contributed by atoms with Gasteiger partial charge in [-0.25, -0.2) is 0 Å². The van der Waals surface area contributed by atoms with Gasteiger partial charge in [-0.05, 0) is 36.2 Å². The number of nitrogens with zero attached hydrogens (tertiary/aromatic N) is 1.